The van der Waals surface area contributed by atoms with Crippen LogP contribution in [0.25, 0.3) is 0 Å². The van der Waals surface area contributed by atoms with Crippen LogP contribution in [0.4, 0.5) is 0 Å². The summed E-state index contributed by atoms with van der Waals surface area (Å²) >= 11 is 0. The summed E-state index contributed by atoms with van der Waals surface area (Å²) in [6.07, 6.45) is 9.30. The van der Waals surface area contributed by atoms with Gasteiger partial charge in [0.2, 0.25) is 0 Å². The van der Waals surface area contributed by atoms with Crippen molar-refractivity contribution in [2.24, 2.45) is 0 Å². The lowest BCUT2D eigenvalue weighted by molar-refractivity contribution is 0.281. The summed E-state index contributed by atoms with van der Waals surface area (Å²) in [6.45, 7) is 10.1. The second-order valence-electron chi connectivity index (χ2n) is 5.05. The average Bonchev–Trinajstić information content (AvgIpc) is 3.05. The van der Waals surface area contributed by atoms with E-state index < -0.39 is 0 Å². The lowest BCUT2D eigenvalue weighted by Gasteiger charge is -2.18. The quantitative estimate of drug-likeness (QED) is 0.466. The van der Waals surface area contributed by atoms with Crippen LogP contribution in [0.15, 0.2) is 25.3 Å². The molecule has 18 heavy (non-hydrogen) atoms. The van der Waals surface area contributed by atoms with Crippen molar-refractivity contribution in [1.29, 1.82) is 0 Å². The fourth-order valence-electron chi connectivity index (χ4n) is 2.73. The summed E-state index contributed by atoms with van der Waals surface area (Å²) in [5.41, 5.74) is 0. The second-order valence-corrected chi connectivity index (χ2v) is 5.05. The number of rotatable bonds is 8. The monoisotopic (exact) mass is 247 g/mol. The molecule has 1 aliphatic carbocycles. The highest BCUT2D eigenvalue weighted by molar-refractivity contribution is 5.18. The van der Waals surface area contributed by atoms with E-state index >= 15 is 0 Å². The Morgan fingerprint density at radius 2 is 1.33 bits per heavy atom. The molecule has 0 aromatic heterocycles. The fraction of sp³-hybridized carbons (Fsp3) is 0.600. The minimum absolute atomic E-state index is 0.496. The van der Waals surface area contributed by atoms with Crippen LogP contribution in [-0.2, 0) is 0 Å². The van der Waals surface area contributed by atoms with Gasteiger partial charge >= 0.3 is 0 Å². The maximum Gasteiger partial charge on any atom is 0.0599 e. The van der Waals surface area contributed by atoms with Gasteiger partial charge in [-0.05, 0) is 21.1 Å². The summed E-state index contributed by atoms with van der Waals surface area (Å²) in [5, 5.41) is 0. The van der Waals surface area contributed by atoms with Crippen molar-refractivity contribution in [3.63, 3.8) is 0 Å². The van der Waals surface area contributed by atoms with E-state index in [1.54, 1.807) is 0 Å². The molecule has 0 bridgehead atoms. The van der Waals surface area contributed by atoms with Crippen molar-refractivity contribution in [2.45, 2.75) is 18.1 Å². The minimum Gasteiger partial charge on any atom is -0.297 e. The normalized spacial score (nSPS) is 26.4. The summed E-state index contributed by atoms with van der Waals surface area (Å²) < 4.78 is 0. The molecule has 0 N–H and O–H groups in total. The number of hydrogen-bond donors (Lipinski definition) is 0. The van der Waals surface area contributed by atoms with Crippen LogP contribution >= 0.6 is 0 Å². The van der Waals surface area contributed by atoms with Crippen molar-refractivity contribution >= 4 is 0 Å². The van der Waals surface area contributed by atoms with Crippen LogP contribution in [0.2, 0.25) is 0 Å². The summed E-state index contributed by atoms with van der Waals surface area (Å²) in [4.78, 5) is 6.94. The van der Waals surface area contributed by atoms with Crippen molar-refractivity contribution in [1.82, 2.24) is 14.7 Å². The molecule has 3 heteroatoms. The Morgan fingerprint density at radius 1 is 0.944 bits per heavy atom. The van der Waals surface area contributed by atoms with Crippen molar-refractivity contribution in [3.8, 4) is 12.3 Å². The SMILES string of the molecule is C#CCN(C)C1C(N(C)CC=C)C1N(C)CC=C. The molecule has 1 saturated carbocycles. The molecule has 2 atom stereocenters. The van der Waals surface area contributed by atoms with E-state index in [0.717, 1.165) is 13.1 Å². The maximum absolute atomic E-state index is 5.40. The van der Waals surface area contributed by atoms with Crippen molar-refractivity contribution < 1.29 is 0 Å². The van der Waals surface area contributed by atoms with Gasteiger partial charge in [-0.25, -0.2) is 0 Å². The first-order valence-electron chi connectivity index (χ1n) is 6.34. The van der Waals surface area contributed by atoms with E-state index in [9.17, 15) is 0 Å². The Balaban J connectivity index is 2.70. The van der Waals surface area contributed by atoms with Crippen LogP contribution in [0.5, 0.6) is 0 Å². The largest absolute Gasteiger partial charge is 0.297 e. The molecule has 0 aromatic rings. The highest BCUT2D eigenvalue weighted by atomic mass is 15.4. The molecule has 0 amide bonds. The zero-order valence-electron chi connectivity index (χ0n) is 11.8. The molecule has 100 valence electrons. The molecule has 2 unspecified atom stereocenters. The van der Waals surface area contributed by atoms with Crippen LogP contribution < -0.4 is 0 Å². The van der Waals surface area contributed by atoms with E-state index in [4.69, 9.17) is 6.42 Å². The molecule has 1 aliphatic rings. The van der Waals surface area contributed by atoms with Gasteiger partial charge in [0.15, 0.2) is 0 Å². The van der Waals surface area contributed by atoms with Crippen LogP contribution in [0.3, 0.4) is 0 Å². The summed E-state index contributed by atoms with van der Waals surface area (Å²) in [6, 6.07) is 1.54. The van der Waals surface area contributed by atoms with Crippen LogP contribution in [-0.4, -0.2) is 73.6 Å². The van der Waals surface area contributed by atoms with Gasteiger partial charge in [-0.1, -0.05) is 18.1 Å². The van der Waals surface area contributed by atoms with Crippen LogP contribution in [0, 0.1) is 12.3 Å². The Kier molecular flexibility index (Phi) is 5.61. The number of nitrogens with zero attached hydrogens (tertiary/aromatic N) is 3. The Bertz CT molecular complexity index is 309. The molecule has 1 fully saturated rings. The fourth-order valence-corrected chi connectivity index (χ4v) is 2.73. The molecule has 0 aromatic carbocycles. The third kappa shape index (κ3) is 3.23. The Hall–Kier alpha value is -1.08. The van der Waals surface area contributed by atoms with E-state index in [2.05, 4.69) is 54.9 Å². The zero-order chi connectivity index (χ0) is 13.7. The molecule has 3 nitrogen and oxygen atoms in total. The smallest absolute Gasteiger partial charge is 0.0599 e. The molecular weight excluding hydrogens is 222 g/mol. The van der Waals surface area contributed by atoms with Crippen molar-refractivity contribution in [3.05, 3.63) is 25.3 Å². The Morgan fingerprint density at radius 3 is 1.67 bits per heavy atom. The second kappa shape index (κ2) is 6.75. The predicted molar refractivity (Wildman–Crippen MR) is 78.5 cm³/mol. The zero-order valence-corrected chi connectivity index (χ0v) is 11.8. The third-order valence-corrected chi connectivity index (χ3v) is 3.61. The van der Waals surface area contributed by atoms with Gasteiger partial charge in [0, 0.05) is 31.2 Å². The number of likely N-dealkylation sites (N-methyl/N-ethyl adjacent to an activating group) is 3. The Labute approximate surface area is 112 Å². The van der Waals surface area contributed by atoms with E-state index in [0.29, 0.717) is 24.7 Å². The van der Waals surface area contributed by atoms with E-state index in [-0.39, 0.29) is 0 Å². The van der Waals surface area contributed by atoms with Gasteiger partial charge in [0.25, 0.3) is 0 Å². The molecule has 0 aliphatic heterocycles. The first-order valence-corrected chi connectivity index (χ1v) is 6.34. The first kappa shape index (κ1) is 15.0. The van der Waals surface area contributed by atoms with Gasteiger partial charge in [-0.2, -0.15) is 0 Å². The van der Waals surface area contributed by atoms with E-state index in [1.807, 2.05) is 12.2 Å². The maximum atomic E-state index is 5.40. The molecule has 0 heterocycles. The van der Waals surface area contributed by atoms with Crippen molar-refractivity contribution in [2.75, 3.05) is 40.8 Å². The highest BCUT2D eigenvalue weighted by Gasteiger charge is 2.56. The molecule has 1 rings (SSSR count). The molecule has 0 radical (unpaired) electrons. The van der Waals surface area contributed by atoms with E-state index in [1.165, 1.54) is 0 Å². The lowest BCUT2D eigenvalue weighted by Crippen LogP contribution is -2.31. The first-order chi connectivity index (χ1) is 8.58. The standard InChI is InChI=1S/C15H25N3/c1-7-10-16(4)13-14(17(5)11-8-2)15(13)18(6)12-9-3/h1,8-9,13-15H,2-3,10-12H2,4-6H3. The van der Waals surface area contributed by atoms with Gasteiger partial charge in [-0.15, -0.1) is 19.6 Å². The molecule has 0 spiro atoms. The number of hydrogen-bond acceptors (Lipinski definition) is 3. The highest BCUT2D eigenvalue weighted by Crippen LogP contribution is 2.36. The third-order valence-electron chi connectivity index (χ3n) is 3.61. The summed E-state index contributed by atoms with van der Waals surface area (Å²) in [5.74, 6) is 2.72. The number of terminal acetylenes is 1. The average molecular weight is 247 g/mol. The predicted octanol–water partition coefficient (Wildman–Crippen LogP) is 0.906. The van der Waals surface area contributed by atoms with Crippen LogP contribution in [0.1, 0.15) is 0 Å². The van der Waals surface area contributed by atoms with Gasteiger partial charge < -0.3 is 0 Å². The molecule has 0 saturated heterocycles. The molecular formula is C15H25N3. The van der Waals surface area contributed by atoms with Gasteiger partial charge in [-0.3, -0.25) is 14.7 Å². The topological polar surface area (TPSA) is 9.72 Å². The lowest BCUT2D eigenvalue weighted by atomic mass is 10.4. The minimum atomic E-state index is 0.496. The summed E-state index contributed by atoms with van der Waals surface area (Å²) in [7, 11) is 6.39. The van der Waals surface area contributed by atoms with Gasteiger partial charge in [0.05, 0.1) is 6.54 Å². The van der Waals surface area contributed by atoms with Gasteiger partial charge in [0.1, 0.15) is 0 Å².